The molecule has 1 N–H and O–H groups in total. The quantitative estimate of drug-likeness (QED) is 0.586. The van der Waals surface area contributed by atoms with Crippen molar-refractivity contribution in [1.29, 1.82) is 0 Å². The van der Waals surface area contributed by atoms with Crippen LogP contribution < -0.4 is 0 Å². The molecule has 0 rings (SSSR count). The van der Waals surface area contributed by atoms with E-state index in [0.717, 1.165) is 0 Å². The molecule has 0 saturated heterocycles. The minimum atomic E-state index is -3.33. The molecule has 0 saturated carbocycles. The van der Waals surface area contributed by atoms with E-state index in [-0.39, 0.29) is 25.2 Å². The summed E-state index contributed by atoms with van der Waals surface area (Å²) in [7, 11) is -3.33. The molecule has 4 nitrogen and oxygen atoms in total. The van der Waals surface area contributed by atoms with Gasteiger partial charge in [-0.3, -0.25) is 9.05 Å². The molecule has 0 aliphatic rings. The maximum atomic E-state index is 12.0. The normalized spacial score (nSPS) is 11.7. The van der Waals surface area contributed by atoms with E-state index < -0.39 is 7.60 Å². The molecule has 0 bridgehead atoms. The van der Waals surface area contributed by atoms with Crippen LogP contribution in [0.2, 0.25) is 0 Å². The van der Waals surface area contributed by atoms with Crippen LogP contribution in [0.25, 0.3) is 0 Å². The molecule has 0 fully saturated rings. The summed E-state index contributed by atoms with van der Waals surface area (Å²) in [5, 5.41) is 8.55. The third-order valence-corrected chi connectivity index (χ3v) is 2.98. The molecule has 0 aromatic carbocycles. The van der Waals surface area contributed by atoms with Gasteiger partial charge in [0.2, 0.25) is 0 Å². The standard InChI is InChI=1S/C10H19O4P/c1-9(2)13-15(12,14-10(3)4)8-6-5-7-11/h9-11H,5,7H2,1-4H3. The lowest BCUT2D eigenvalue weighted by Gasteiger charge is -2.17. The molecule has 0 heterocycles. The summed E-state index contributed by atoms with van der Waals surface area (Å²) < 4.78 is 22.4. The summed E-state index contributed by atoms with van der Waals surface area (Å²) in [5.41, 5.74) is 2.46. The second-order valence-electron chi connectivity index (χ2n) is 3.57. The van der Waals surface area contributed by atoms with Crippen LogP contribution in [0.15, 0.2) is 0 Å². The summed E-state index contributed by atoms with van der Waals surface area (Å²) in [6, 6.07) is 0. The molecule has 0 spiro atoms. The fourth-order valence-electron chi connectivity index (χ4n) is 0.841. The zero-order valence-corrected chi connectivity index (χ0v) is 10.6. The van der Waals surface area contributed by atoms with Crippen molar-refractivity contribution in [3.63, 3.8) is 0 Å². The minimum absolute atomic E-state index is 0.0592. The number of hydrogen-bond donors (Lipinski definition) is 1. The van der Waals surface area contributed by atoms with Crippen molar-refractivity contribution in [2.75, 3.05) is 6.61 Å². The van der Waals surface area contributed by atoms with Crippen molar-refractivity contribution in [2.45, 2.75) is 46.3 Å². The lowest BCUT2D eigenvalue weighted by Crippen LogP contribution is -2.06. The average Bonchev–Trinajstić information content (AvgIpc) is 2.00. The lowest BCUT2D eigenvalue weighted by molar-refractivity contribution is 0.151. The van der Waals surface area contributed by atoms with Crippen LogP contribution in [-0.2, 0) is 13.6 Å². The Morgan fingerprint density at radius 2 is 1.67 bits per heavy atom. The molecule has 0 aliphatic heterocycles. The summed E-state index contributed by atoms with van der Waals surface area (Å²) in [6.07, 6.45) is -0.150. The van der Waals surface area contributed by atoms with Crippen molar-refractivity contribution in [3.05, 3.63) is 0 Å². The smallest absolute Gasteiger partial charge is 0.395 e. The third kappa shape index (κ3) is 7.58. The predicted molar refractivity (Wildman–Crippen MR) is 59.5 cm³/mol. The number of rotatable bonds is 5. The first-order chi connectivity index (χ1) is 6.89. The number of aliphatic hydroxyl groups excluding tert-OH is 1. The fourth-order valence-corrected chi connectivity index (χ4v) is 2.41. The zero-order valence-electron chi connectivity index (χ0n) is 9.69. The molecule has 0 aromatic rings. The van der Waals surface area contributed by atoms with E-state index in [1.807, 2.05) is 0 Å². The lowest BCUT2D eigenvalue weighted by atomic mass is 10.5. The maximum absolute atomic E-state index is 12.0. The van der Waals surface area contributed by atoms with Gasteiger partial charge < -0.3 is 5.11 Å². The predicted octanol–water partition coefficient (Wildman–Crippen LogP) is 2.37. The van der Waals surface area contributed by atoms with Gasteiger partial charge in [-0.2, -0.15) is 0 Å². The molecule has 0 amide bonds. The van der Waals surface area contributed by atoms with Gasteiger partial charge in [-0.25, -0.2) is 4.57 Å². The largest absolute Gasteiger partial charge is 0.406 e. The van der Waals surface area contributed by atoms with Gasteiger partial charge in [0.05, 0.1) is 18.8 Å². The summed E-state index contributed by atoms with van der Waals surface area (Å²) in [4.78, 5) is 0. The van der Waals surface area contributed by atoms with E-state index in [2.05, 4.69) is 11.6 Å². The maximum Gasteiger partial charge on any atom is 0.406 e. The Balaban J connectivity index is 4.57. The summed E-state index contributed by atoms with van der Waals surface area (Å²) >= 11 is 0. The Labute approximate surface area is 91.5 Å². The highest BCUT2D eigenvalue weighted by molar-refractivity contribution is 7.59. The second-order valence-corrected chi connectivity index (χ2v) is 5.21. The van der Waals surface area contributed by atoms with Gasteiger partial charge in [0.1, 0.15) is 0 Å². The first-order valence-electron chi connectivity index (χ1n) is 4.97. The van der Waals surface area contributed by atoms with Gasteiger partial charge in [-0.05, 0) is 27.7 Å². The highest BCUT2D eigenvalue weighted by Crippen LogP contribution is 2.49. The van der Waals surface area contributed by atoms with E-state index in [1.165, 1.54) is 0 Å². The molecule has 0 aromatic heterocycles. The van der Waals surface area contributed by atoms with Crippen molar-refractivity contribution in [3.8, 4) is 11.6 Å². The van der Waals surface area contributed by atoms with Gasteiger partial charge in [0.15, 0.2) is 0 Å². The fraction of sp³-hybridized carbons (Fsp3) is 0.800. The average molecular weight is 234 g/mol. The van der Waals surface area contributed by atoms with E-state index in [0.29, 0.717) is 0 Å². The van der Waals surface area contributed by atoms with Crippen molar-refractivity contribution in [1.82, 2.24) is 0 Å². The van der Waals surface area contributed by atoms with Crippen LogP contribution in [0, 0.1) is 11.6 Å². The molecule has 0 unspecified atom stereocenters. The first kappa shape index (κ1) is 14.7. The molecule has 0 radical (unpaired) electrons. The molecule has 0 atom stereocenters. The van der Waals surface area contributed by atoms with Crippen molar-refractivity contribution >= 4 is 7.60 Å². The summed E-state index contributed by atoms with van der Waals surface area (Å²) in [6.45, 7) is 7.01. The topological polar surface area (TPSA) is 55.8 Å². The second kappa shape index (κ2) is 7.03. The monoisotopic (exact) mass is 234 g/mol. The third-order valence-electron chi connectivity index (χ3n) is 1.15. The Kier molecular flexibility index (Phi) is 6.87. The number of aliphatic hydroxyl groups is 1. The minimum Gasteiger partial charge on any atom is -0.395 e. The van der Waals surface area contributed by atoms with Crippen LogP contribution in [0.5, 0.6) is 0 Å². The molecule has 88 valence electrons. The summed E-state index contributed by atoms with van der Waals surface area (Å²) in [5.74, 6) is 2.57. The van der Waals surface area contributed by atoms with Crippen LogP contribution >= 0.6 is 7.60 Å². The Morgan fingerprint density at radius 1 is 1.20 bits per heavy atom. The van der Waals surface area contributed by atoms with E-state index in [1.54, 1.807) is 27.7 Å². The van der Waals surface area contributed by atoms with Crippen LogP contribution in [-0.4, -0.2) is 23.9 Å². The van der Waals surface area contributed by atoms with Crippen molar-refractivity contribution in [2.24, 2.45) is 0 Å². The van der Waals surface area contributed by atoms with Gasteiger partial charge in [-0.15, -0.1) is 0 Å². The highest BCUT2D eigenvalue weighted by atomic mass is 31.2. The van der Waals surface area contributed by atoms with E-state index in [9.17, 15) is 4.57 Å². The van der Waals surface area contributed by atoms with Gasteiger partial charge in [-0.1, -0.05) is 5.92 Å². The van der Waals surface area contributed by atoms with Gasteiger partial charge in [0, 0.05) is 12.1 Å². The molecule has 0 aliphatic carbocycles. The van der Waals surface area contributed by atoms with Crippen LogP contribution in [0.3, 0.4) is 0 Å². The van der Waals surface area contributed by atoms with Crippen LogP contribution in [0.4, 0.5) is 0 Å². The van der Waals surface area contributed by atoms with Crippen molar-refractivity contribution < 1.29 is 18.7 Å². The molecular weight excluding hydrogens is 215 g/mol. The Hall–Kier alpha value is -0.330. The van der Waals surface area contributed by atoms with Gasteiger partial charge in [0.25, 0.3) is 0 Å². The molecule has 5 heteroatoms. The molecular formula is C10H19O4P. The van der Waals surface area contributed by atoms with Crippen LogP contribution in [0.1, 0.15) is 34.1 Å². The highest BCUT2D eigenvalue weighted by Gasteiger charge is 2.24. The first-order valence-corrected chi connectivity index (χ1v) is 6.51. The van der Waals surface area contributed by atoms with E-state index in [4.69, 9.17) is 14.2 Å². The SMILES string of the molecule is CC(C)OP(=O)(C#CCCO)OC(C)C. The Morgan fingerprint density at radius 3 is 2.00 bits per heavy atom. The Bertz CT molecular complexity index is 261. The van der Waals surface area contributed by atoms with Gasteiger partial charge >= 0.3 is 7.60 Å². The number of hydrogen-bond acceptors (Lipinski definition) is 4. The van der Waals surface area contributed by atoms with E-state index >= 15 is 0 Å². The molecule has 15 heavy (non-hydrogen) atoms. The zero-order chi connectivity index (χ0) is 11.9.